The maximum absolute atomic E-state index is 14.6. The highest BCUT2D eigenvalue weighted by Crippen LogP contribution is 2.48. The van der Waals surface area contributed by atoms with Gasteiger partial charge in [-0.25, -0.2) is 26.5 Å². The summed E-state index contributed by atoms with van der Waals surface area (Å²) in [5, 5.41) is 2.14. The van der Waals surface area contributed by atoms with Gasteiger partial charge in [0.25, 0.3) is 0 Å². The average molecular weight is 720 g/mol. The number of para-hydroxylation sites is 1. The number of ether oxygens (including phenoxy) is 1. The van der Waals surface area contributed by atoms with E-state index in [1.54, 1.807) is 0 Å². The van der Waals surface area contributed by atoms with Gasteiger partial charge in [0.2, 0.25) is 34.8 Å². The van der Waals surface area contributed by atoms with Gasteiger partial charge in [-0.15, -0.1) is 0 Å². The van der Waals surface area contributed by atoms with Crippen LogP contribution in [0.25, 0.3) is 0 Å². The van der Waals surface area contributed by atoms with Crippen molar-refractivity contribution < 1.29 is 53.9 Å². The van der Waals surface area contributed by atoms with E-state index in [1.165, 1.54) is 68.9 Å². The van der Waals surface area contributed by atoms with E-state index in [4.69, 9.17) is 13.8 Å². The van der Waals surface area contributed by atoms with Crippen molar-refractivity contribution in [2.75, 3.05) is 6.61 Å². The topological polar surface area (TPSA) is 73.9 Å². The number of hydrogen-bond acceptors (Lipinski definition) is 5. The highest BCUT2D eigenvalue weighted by molar-refractivity contribution is 7.52. The summed E-state index contributed by atoms with van der Waals surface area (Å²) in [4.78, 5) is 13.3. The molecule has 2 atom stereocenters. The van der Waals surface area contributed by atoms with Crippen LogP contribution < -0.4 is 14.1 Å². The molecule has 3 aromatic carbocycles. The van der Waals surface area contributed by atoms with E-state index in [-0.39, 0.29) is 17.9 Å². The molecule has 0 spiro atoms. The summed E-state index contributed by atoms with van der Waals surface area (Å²) in [6.07, 6.45) is 12.1. The van der Waals surface area contributed by atoms with Gasteiger partial charge in [-0.1, -0.05) is 95.8 Å². The zero-order valence-corrected chi connectivity index (χ0v) is 28.1. The van der Waals surface area contributed by atoms with Crippen molar-refractivity contribution in [1.29, 1.82) is 0 Å². The lowest BCUT2D eigenvalue weighted by atomic mass is 10.1. The predicted molar refractivity (Wildman–Crippen MR) is 171 cm³/mol. The molecule has 0 aromatic heterocycles. The number of hydrogen-bond donors (Lipinski definition) is 1. The van der Waals surface area contributed by atoms with Crippen molar-refractivity contribution in [1.82, 2.24) is 5.09 Å². The van der Waals surface area contributed by atoms with Crippen LogP contribution in [0.15, 0.2) is 48.5 Å². The zero-order valence-electron chi connectivity index (χ0n) is 27.2. The summed E-state index contributed by atoms with van der Waals surface area (Å²) in [5.41, 5.74) is -0.125. The van der Waals surface area contributed by atoms with Gasteiger partial charge in [-0.05, 0) is 42.7 Å². The lowest BCUT2D eigenvalue weighted by Gasteiger charge is -2.25. The van der Waals surface area contributed by atoms with Crippen LogP contribution in [0.3, 0.4) is 0 Å². The number of unbranched alkanes of at least 4 members (excludes halogenated alkanes) is 11. The molecule has 6 nitrogen and oxygen atoms in total. The Hall–Kier alpha value is -3.57. The maximum atomic E-state index is 14.6. The van der Waals surface area contributed by atoms with Crippen LogP contribution >= 0.6 is 7.75 Å². The average Bonchev–Trinajstić information content (AvgIpc) is 3.06. The van der Waals surface area contributed by atoms with E-state index in [1.807, 2.05) is 0 Å². The third kappa shape index (κ3) is 13.0. The maximum Gasteiger partial charge on any atom is 0.513 e. The zero-order chi connectivity index (χ0) is 35.8. The second-order valence-electron chi connectivity index (χ2n) is 11.6. The lowest BCUT2D eigenvalue weighted by molar-refractivity contribution is -0.145. The molecule has 3 rings (SSSR count). The summed E-state index contributed by atoms with van der Waals surface area (Å²) in [6.45, 7) is 2.09. The monoisotopic (exact) mass is 719 g/mol. The standard InChI is InChI=1S/C35H41F7NO5P/c1-2-3-4-5-6-7-8-9-10-11-12-16-19-46-35(44)28(22-24-20-25(36)23-26(37)21-24)43-49(45,47-27-17-14-13-15-18-27)48-34-32(41)30(39)29(38)31(40)33(34)42/h13-15,17-18,20-21,23,28H,2-12,16,19,22H2,1H3,(H,43,45)/t28-,49?/m0/s1. The fraction of sp³-hybridized carbons (Fsp3) is 0.457. The summed E-state index contributed by atoms with van der Waals surface area (Å²) in [5.74, 6) is -17.4. The van der Waals surface area contributed by atoms with Gasteiger partial charge in [-0.2, -0.15) is 13.9 Å². The molecular formula is C35H41F7NO5P. The van der Waals surface area contributed by atoms with Gasteiger partial charge >= 0.3 is 13.7 Å². The van der Waals surface area contributed by atoms with Crippen LogP contribution in [0.2, 0.25) is 0 Å². The number of rotatable bonds is 22. The van der Waals surface area contributed by atoms with E-state index in [2.05, 4.69) is 12.0 Å². The predicted octanol–water partition coefficient (Wildman–Crippen LogP) is 10.7. The molecule has 0 heterocycles. The third-order valence-corrected chi connectivity index (χ3v) is 9.05. The molecule has 0 fully saturated rings. The van der Waals surface area contributed by atoms with Crippen LogP contribution in [0.5, 0.6) is 11.5 Å². The minimum Gasteiger partial charge on any atom is -0.465 e. The number of benzene rings is 3. The Balaban J connectivity index is 1.73. The van der Waals surface area contributed by atoms with Crippen molar-refractivity contribution in [2.45, 2.75) is 96.4 Å². The van der Waals surface area contributed by atoms with E-state index in [0.29, 0.717) is 12.5 Å². The molecule has 0 amide bonds. The number of nitrogens with one attached hydrogen (secondary N) is 1. The fourth-order valence-corrected chi connectivity index (χ4v) is 6.55. The molecule has 0 aliphatic rings. The third-order valence-electron chi connectivity index (χ3n) is 7.55. The SMILES string of the molecule is CCCCCCCCCCCCCCOC(=O)[C@H](Cc1cc(F)cc(F)c1)NP(=O)(Oc1ccccc1)Oc1c(F)c(F)c(F)c(F)c1F. The van der Waals surface area contributed by atoms with Crippen LogP contribution in [0.1, 0.15) is 89.5 Å². The largest absolute Gasteiger partial charge is 0.513 e. The van der Waals surface area contributed by atoms with Crippen molar-refractivity contribution in [3.8, 4) is 11.5 Å². The molecule has 1 unspecified atom stereocenters. The van der Waals surface area contributed by atoms with Crippen LogP contribution in [-0.4, -0.2) is 18.6 Å². The molecular weight excluding hydrogens is 678 g/mol. The first-order valence-corrected chi connectivity index (χ1v) is 17.9. The smallest absolute Gasteiger partial charge is 0.465 e. The van der Waals surface area contributed by atoms with Crippen molar-refractivity contribution in [3.05, 3.63) is 94.8 Å². The van der Waals surface area contributed by atoms with Gasteiger partial charge in [-0.3, -0.25) is 4.79 Å². The quantitative estimate of drug-likeness (QED) is 0.0278. The lowest BCUT2D eigenvalue weighted by Crippen LogP contribution is -2.40. The summed E-state index contributed by atoms with van der Waals surface area (Å²) < 4.78 is 128. The van der Waals surface area contributed by atoms with Crippen LogP contribution in [-0.2, 0) is 20.5 Å². The van der Waals surface area contributed by atoms with Gasteiger partial charge in [0.15, 0.2) is 0 Å². The first-order valence-electron chi connectivity index (χ1n) is 16.4. The Bertz CT molecular complexity index is 1500. The van der Waals surface area contributed by atoms with E-state index >= 15 is 0 Å². The van der Waals surface area contributed by atoms with E-state index in [0.717, 1.165) is 44.2 Å². The molecule has 0 aliphatic carbocycles. The summed E-state index contributed by atoms with van der Waals surface area (Å²) >= 11 is 0. The molecule has 49 heavy (non-hydrogen) atoms. The second-order valence-corrected chi connectivity index (χ2v) is 13.2. The first kappa shape index (κ1) is 39.9. The first-order chi connectivity index (χ1) is 23.4. The molecule has 1 N–H and O–H groups in total. The highest BCUT2D eigenvalue weighted by atomic mass is 31.2. The molecule has 0 aliphatic heterocycles. The number of esters is 1. The van der Waals surface area contributed by atoms with Gasteiger partial charge in [0, 0.05) is 6.07 Å². The molecule has 0 bridgehead atoms. The van der Waals surface area contributed by atoms with Crippen molar-refractivity contribution >= 4 is 13.7 Å². The minimum absolute atomic E-state index is 0.0890. The Morgan fingerprint density at radius 2 is 1.16 bits per heavy atom. The molecule has 0 saturated heterocycles. The van der Waals surface area contributed by atoms with Crippen molar-refractivity contribution in [2.24, 2.45) is 0 Å². The van der Waals surface area contributed by atoms with Gasteiger partial charge in [0.1, 0.15) is 23.4 Å². The summed E-state index contributed by atoms with van der Waals surface area (Å²) in [6, 6.07) is 7.36. The van der Waals surface area contributed by atoms with Crippen LogP contribution in [0, 0.1) is 40.7 Å². The van der Waals surface area contributed by atoms with Gasteiger partial charge < -0.3 is 13.8 Å². The molecule has 0 saturated carbocycles. The molecule has 3 aromatic rings. The Kier molecular flexibility index (Phi) is 16.4. The molecule has 270 valence electrons. The fourth-order valence-electron chi connectivity index (χ4n) is 5.03. The number of carbonyl (C=O) groups is 1. The van der Waals surface area contributed by atoms with Crippen LogP contribution in [0.4, 0.5) is 30.7 Å². The molecule has 14 heteroatoms. The number of carbonyl (C=O) groups excluding carboxylic acids is 1. The molecule has 0 radical (unpaired) electrons. The van der Waals surface area contributed by atoms with E-state index < -0.39 is 72.6 Å². The highest BCUT2D eigenvalue weighted by Gasteiger charge is 2.39. The van der Waals surface area contributed by atoms with Crippen molar-refractivity contribution in [3.63, 3.8) is 0 Å². The Morgan fingerprint density at radius 3 is 1.69 bits per heavy atom. The second kappa shape index (κ2) is 20.2. The van der Waals surface area contributed by atoms with Gasteiger partial charge in [0.05, 0.1) is 6.61 Å². The summed E-state index contributed by atoms with van der Waals surface area (Å²) in [7, 11) is -5.29. The number of halogens is 7. The normalized spacial score (nSPS) is 13.1. The minimum atomic E-state index is -5.29. The Morgan fingerprint density at radius 1 is 0.673 bits per heavy atom. The van der Waals surface area contributed by atoms with E-state index in [9.17, 15) is 40.1 Å². The Labute approximate surface area is 281 Å².